The Morgan fingerprint density at radius 2 is 1.93 bits per heavy atom. The minimum atomic E-state index is -1.73. The van der Waals surface area contributed by atoms with Gasteiger partial charge < -0.3 is 24.8 Å². The molecule has 0 aliphatic heterocycles. The Morgan fingerprint density at radius 1 is 1.30 bits per heavy atom. The number of hydrogen-bond donors (Lipinski definition) is 2. The van der Waals surface area contributed by atoms with Crippen molar-refractivity contribution in [1.82, 2.24) is 10.6 Å². The Balaban J connectivity index is 2.19. The second-order valence-corrected chi connectivity index (χ2v) is 8.50. The lowest BCUT2D eigenvalue weighted by Crippen LogP contribution is -2.61. The fraction of sp³-hybridized carbons (Fsp3) is 0.700. The summed E-state index contributed by atoms with van der Waals surface area (Å²) < 4.78 is 29.6. The lowest BCUT2D eigenvalue weighted by atomic mass is 9.89. The molecule has 2 fully saturated rings. The van der Waals surface area contributed by atoms with Gasteiger partial charge in [0.15, 0.2) is 0 Å². The van der Waals surface area contributed by atoms with E-state index in [-0.39, 0.29) is 13.0 Å². The van der Waals surface area contributed by atoms with Crippen LogP contribution in [0.1, 0.15) is 41.0 Å². The fourth-order valence-electron chi connectivity index (χ4n) is 4.01. The topological polar surface area (TPSA) is 120 Å². The summed E-state index contributed by atoms with van der Waals surface area (Å²) in [5, 5.41) is 4.90. The quantitative estimate of drug-likeness (QED) is 0.359. The van der Waals surface area contributed by atoms with Crippen LogP contribution >= 0.6 is 0 Å². The van der Waals surface area contributed by atoms with Crippen molar-refractivity contribution in [2.45, 2.75) is 64.4 Å². The van der Waals surface area contributed by atoms with E-state index in [2.05, 4.69) is 17.2 Å². The maximum Gasteiger partial charge on any atom is 0.408 e. The van der Waals surface area contributed by atoms with Gasteiger partial charge in [0.1, 0.15) is 23.4 Å². The molecule has 9 nitrogen and oxygen atoms in total. The summed E-state index contributed by atoms with van der Waals surface area (Å²) >= 11 is 0. The minimum Gasteiger partial charge on any atom is -0.464 e. The van der Waals surface area contributed by atoms with Crippen molar-refractivity contribution in [3.8, 4) is 0 Å². The van der Waals surface area contributed by atoms with Gasteiger partial charge in [-0.2, -0.15) is 0 Å². The molecule has 2 aliphatic rings. The Hall–Kier alpha value is -2.65. The van der Waals surface area contributed by atoms with Crippen LogP contribution in [0.2, 0.25) is 0 Å². The van der Waals surface area contributed by atoms with Gasteiger partial charge in [0.05, 0.1) is 18.8 Å². The van der Waals surface area contributed by atoms with E-state index < -0.39 is 65.0 Å². The highest BCUT2D eigenvalue weighted by molar-refractivity contribution is 5.94. The third kappa shape index (κ3) is 4.73. The SMILES string of the molecule is C=COC(=O)[C@H]1[C@H]2[C@@H]1[C@@](NC(=O)[C@H](C)NC(=O)OC(C)(C)C)(C(=O)OCC)C[C@H]2F. The molecule has 0 unspecified atom stereocenters. The van der Waals surface area contributed by atoms with Crippen LogP contribution in [0.15, 0.2) is 12.8 Å². The van der Waals surface area contributed by atoms with E-state index in [9.17, 15) is 23.6 Å². The number of esters is 2. The number of carbonyl (C=O) groups is 4. The van der Waals surface area contributed by atoms with Crippen molar-refractivity contribution >= 4 is 23.9 Å². The first-order valence-electron chi connectivity index (χ1n) is 9.82. The average Bonchev–Trinajstić information content (AvgIpc) is 3.29. The molecular formula is C20H29FN2O7. The molecule has 0 aromatic heterocycles. The highest BCUT2D eigenvalue weighted by Gasteiger charge is 2.76. The summed E-state index contributed by atoms with van der Waals surface area (Å²) in [7, 11) is 0. The number of ether oxygens (including phenoxy) is 3. The van der Waals surface area contributed by atoms with E-state index in [1.54, 1.807) is 27.7 Å². The standard InChI is InChI=1S/C20H29FN2O7/c1-7-28-16(25)13-12-11(21)9-20(14(12)13,17(26)29-8-2)23-15(24)10(3)22-18(27)30-19(4,5)6/h7,10-14H,1,8-9H2,2-6H3,(H,22,27)(H,23,24)/t10-,11+,12-,13-,14-,20+/m0/s1. The van der Waals surface area contributed by atoms with Crippen molar-refractivity contribution in [3.05, 3.63) is 12.8 Å². The zero-order valence-corrected chi connectivity index (χ0v) is 17.8. The van der Waals surface area contributed by atoms with Gasteiger partial charge in [0.25, 0.3) is 0 Å². The number of rotatable bonds is 7. The molecular weight excluding hydrogens is 399 g/mol. The number of halogens is 1. The van der Waals surface area contributed by atoms with Crippen molar-refractivity contribution in [1.29, 1.82) is 0 Å². The summed E-state index contributed by atoms with van der Waals surface area (Å²) in [4.78, 5) is 49.6. The molecule has 2 saturated carbocycles. The van der Waals surface area contributed by atoms with E-state index in [0.29, 0.717) is 0 Å². The summed E-state index contributed by atoms with van der Waals surface area (Å²) in [5.74, 6) is -4.75. The third-order valence-electron chi connectivity index (χ3n) is 5.16. The van der Waals surface area contributed by atoms with Gasteiger partial charge in [-0.1, -0.05) is 6.58 Å². The molecule has 10 heteroatoms. The first-order chi connectivity index (χ1) is 13.9. The van der Waals surface area contributed by atoms with Crippen LogP contribution in [0.5, 0.6) is 0 Å². The zero-order valence-electron chi connectivity index (χ0n) is 17.8. The number of amides is 2. The van der Waals surface area contributed by atoms with Gasteiger partial charge in [0, 0.05) is 18.3 Å². The summed E-state index contributed by atoms with van der Waals surface area (Å²) in [6.07, 6.45) is -1.72. The van der Waals surface area contributed by atoms with Crippen molar-refractivity contribution < 1.29 is 37.8 Å². The van der Waals surface area contributed by atoms with Crippen LogP contribution in [-0.2, 0) is 28.6 Å². The molecule has 6 atom stereocenters. The molecule has 30 heavy (non-hydrogen) atoms. The highest BCUT2D eigenvalue weighted by Crippen LogP contribution is 2.64. The summed E-state index contributed by atoms with van der Waals surface area (Å²) in [6, 6.07) is -1.08. The summed E-state index contributed by atoms with van der Waals surface area (Å²) in [5.41, 5.74) is -2.49. The molecule has 2 rings (SSSR count). The van der Waals surface area contributed by atoms with E-state index in [0.717, 1.165) is 6.26 Å². The number of alkyl halides is 1. The molecule has 0 bridgehead atoms. The van der Waals surface area contributed by atoms with Crippen LogP contribution < -0.4 is 10.6 Å². The van der Waals surface area contributed by atoms with Gasteiger partial charge in [-0.25, -0.2) is 14.0 Å². The predicted molar refractivity (Wildman–Crippen MR) is 103 cm³/mol. The van der Waals surface area contributed by atoms with Crippen LogP contribution in [0, 0.1) is 17.8 Å². The van der Waals surface area contributed by atoms with Crippen molar-refractivity contribution in [3.63, 3.8) is 0 Å². The normalized spacial score (nSPS) is 30.3. The number of alkyl carbamates (subject to hydrolysis) is 1. The Labute approximate surface area is 174 Å². The fourth-order valence-corrected chi connectivity index (χ4v) is 4.01. The minimum absolute atomic E-state index is 0.0122. The molecule has 2 aliphatic carbocycles. The van der Waals surface area contributed by atoms with E-state index in [1.165, 1.54) is 6.92 Å². The maximum atomic E-state index is 14.7. The van der Waals surface area contributed by atoms with Gasteiger partial charge in [-0.15, -0.1) is 0 Å². The largest absolute Gasteiger partial charge is 0.464 e. The van der Waals surface area contributed by atoms with E-state index in [4.69, 9.17) is 14.2 Å². The molecule has 2 N–H and O–H groups in total. The monoisotopic (exact) mass is 428 g/mol. The zero-order chi connectivity index (χ0) is 22.9. The number of fused-ring (bicyclic) bond motifs is 1. The molecule has 0 spiro atoms. The summed E-state index contributed by atoms with van der Waals surface area (Å²) in [6.45, 7) is 11.3. The smallest absolute Gasteiger partial charge is 0.408 e. The third-order valence-corrected chi connectivity index (χ3v) is 5.16. The second kappa shape index (κ2) is 8.61. The predicted octanol–water partition coefficient (Wildman–Crippen LogP) is 1.61. The molecule has 0 radical (unpaired) electrons. The van der Waals surface area contributed by atoms with Crippen molar-refractivity contribution in [2.24, 2.45) is 17.8 Å². The van der Waals surface area contributed by atoms with E-state index >= 15 is 0 Å². The molecule has 168 valence electrons. The van der Waals surface area contributed by atoms with Gasteiger partial charge in [0.2, 0.25) is 5.91 Å². The maximum absolute atomic E-state index is 14.7. The van der Waals surface area contributed by atoms with Crippen LogP contribution in [0.3, 0.4) is 0 Å². The molecule has 0 heterocycles. The Bertz CT molecular complexity index is 735. The van der Waals surface area contributed by atoms with Gasteiger partial charge in [-0.3, -0.25) is 9.59 Å². The second-order valence-electron chi connectivity index (χ2n) is 8.50. The number of carbonyl (C=O) groups excluding carboxylic acids is 4. The molecule has 0 aromatic rings. The first kappa shape index (κ1) is 23.6. The lowest BCUT2D eigenvalue weighted by Gasteiger charge is -2.32. The van der Waals surface area contributed by atoms with Crippen LogP contribution in [0.4, 0.5) is 9.18 Å². The van der Waals surface area contributed by atoms with Crippen molar-refractivity contribution in [2.75, 3.05) is 6.61 Å². The molecule has 0 saturated heterocycles. The first-order valence-corrected chi connectivity index (χ1v) is 9.82. The average molecular weight is 428 g/mol. The van der Waals surface area contributed by atoms with Gasteiger partial charge in [-0.05, 0) is 34.6 Å². The van der Waals surface area contributed by atoms with Gasteiger partial charge >= 0.3 is 18.0 Å². The number of hydrogen-bond acceptors (Lipinski definition) is 7. The molecule has 0 aromatic carbocycles. The van der Waals surface area contributed by atoms with Crippen LogP contribution in [0.25, 0.3) is 0 Å². The lowest BCUT2D eigenvalue weighted by molar-refractivity contribution is -0.155. The van der Waals surface area contributed by atoms with Crippen LogP contribution in [-0.4, -0.2) is 53.9 Å². The van der Waals surface area contributed by atoms with E-state index in [1.807, 2.05) is 0 Å². The Kier molecular flexibility index (Phi) is 6.78. The highest BCUT2D eigenvalue weighted by atomic mass is 19.1. The molecule has 2 amide bonds. The Morgan fingerprint density at radius 3 is 2.47 bits per heavy atom. The number of nitrogens with one attached hydrogen (secondary N) is 2.